The number of benzene rings is 2. The summed E-state index contributed by atoms with van der Waals surface area (Å²) in [5.74, 6) is 0.606. The van der Waals surface area contributed by atoms with E-state index in [2.05, 4.69) is 60.3 Å². The third kappa shape index (κ3) is 4.71. The van der Waals surface area contributed by atoms with Crippen molar-refractivity contribution < 1.29 is 0 Å². The second kappa shape index (κ2) is 9.23. The zero-order chi connectivity index (χ0) is 20.2. The van der Waals surface area contributed by atoms with Gasteiger partial charge in [0.1, 0.15) is 0 Å². The van der Waals surface area contributed by atoms with E-state index in [1.54, 1.807) is 11.1 Å². The lowest BCUT2D eigenvalue weighted by Crippen LogP contribution is -2.10. The monoisotopic (exact) mass is 394 g/mol. The fourth-order valence-corrected chi connectivity index (χ4v) is 5.48. The molecule has 2 aromatic carbocycles. The van der Waals surface area contributed by atoms with Gasteiger partial charge in [0.15, 0.2) is 0 Å². The first-order valence-electron chi connectivity index (χ1n) is 12.2. The maximum atomic E-state index is 4.01. The van der Waals surface area contributed by atoms with Gasteiger partial charge in [-0.05, 0) is 116 Å². The summed E-state index contributed by atoms with van der Waals surface area (Å²) in [6, 6.07) is 18.9. The van der Waals surface area contributed by atoms with Gasteiger partial charge < -0.3 is 0 Å². The van der Waals surface area contributed by atoms with Gasteiger partial charge in [-0.1, -0.05) is 54.6 Å². The maximum absolute atomic E-state index is 4.01. The summed E-state index contributed by atoms with van der Waals surface area (Å²) >= 11 is 0. The van der Waals surface area contributed by atoms with Crippen molar-refractivity contribution in [2.24, 2.45) is 5.92 Å². The third-order valence-corrected chi connectivity index (χ3v) is 7.29. The van der Waals surface area contributed by atoms with Crippen LogP contribution in [-0.4, -0.2) is 0 Å². The Morgan fingerprint density at radius 2 is 1.03 bits per heavy atom. The van der Waals surface area contributed by atoms with Gasteiger partial charge in [-0.15, -0.1) is 5.73 Å². The Hall–Kier alpha value is -2.30. The lowest BCUT2D eigenvalue weighted by Gasteiger charge is -2.24. The number of allylic oxidation sites excluding steroid dienone is 3. The highest BCUT2D eigenvalue weighted by Crippen LogP contribution is 2.35. The standard InChI is InChI=1S/C30H34/c1-5-23-13-15-24(16-14-23)7-4-12-30-22-28-10-2-6-25-17-19-26(20-18-25)8-3-11-29(30)21-27(28)9-1/h13-21,27H,1-12H2. The summed E-state index contributed by atoms with van der Waals surface area (Å²) in [4.78, 5) is 0. The highest BCUT2D eigenvalue weighted by Gasteiger charge is 2.20. The van der Waals surface area contributed by atoms with E-state index < -0.39 is 0 Å². The second-order valence-electron chi connectivity index (χ2n) is 9.51. The van der Waals surface area contributed by atoms with Crippen molar-refractivity contribution in [3.8, 4) is 0 Å². The molecule has 154 valence electrons. The fraction of sp³-hybridized carbons (Fsp3) is 0.433. The summed E-state index contributed by atoms with van der Waals surface area (Å²) in [5.41, 5.74) is 14.7. The SMILES string of the molecule is C1=C2CCCc3ccc(cc3)CCCC3C=C2CCCc2ccc(cc2)CCCC=13. The number of hydrogen-bond acceptors (Lipinski definition) is 0. The Morgan fingerprint density at radius 1 is 0.533 bits per heavy atom. The van der Waals surface area contributed by atoms with Gasteiger partial charge in [-0.3, -0.25) is 0 Å². The van der Waals surface area contributed by atoms with Crippen LogP contribution >= 0.6 is 0 Å². The van der Waals surface area contributed by atoms with Crippen molar-refractivity contribution in [1.82, 2.24) is 0 Å². The molecule has 8 bridgehead atoms. The van der Waals surface area contributed by atoms with E-state index in [0.29, 0.717) is 5.92 Å². The van der Waals surface area contributed by atoms with Crippen molar-refractivity contribution in [3.63, 3.8) is 0 Å². The van der Waals surface area contributed by atoms with E-state index in [0.717, 1.165) is 0 Å². The molecule has 0 saturated heterocycles. The second-order valence-corrected chi connectivity index (χ2v) is 9.51. The van der Waals surface area contributed by atoms with Crippen LogP contribution in [0.3, 0.4) is 0 Å². The molecule has 0 aliphatic heterocycles. The number of rotatable bonds is 0. The third-order valence-electron chi connectivity index (χ3n) is 7.29. The van der Waals surface area contributed by atoms with Gasteiger partial charge in [0, 0.05) is 5.92 Å². The molecule has 0 nitrogen and oxygen atoms in total. The summed E-state index contributed by atoms with van der Waals surface area (Å²) in [5, 5.41) is 0. The molecule has 9 aliphatic rings. The first-order chi connectivity index (χ1) is 14.8. The molecular weight excluding hydrogens is 360 g/mol. The Bertz CT molecular complexity index is 962. The molecule has 1 unspecified atom stereocenters. The van der Waals surface area contributed by atoms with Crippen molar-refractivity contribution in [2.45, 2.75) is 77.0 Å². The molecule has 0 N–H and O–H groups in total. The largest absolute Gasteiger partial charge is 0.117 e. The van der Waals surface area contributed by atoms with Crippen molar-refractivity contribution in [3.05, 3.63) is 99.3 Å². The molecule has 0 heterocycles. The Morgan fingerprint density at radius 3 is 1.63 bits per heavy atom. The normalized spacial score (nSPS) is 22.1. The maximum Gasteiger partial charge on any atom is 0.00591 e. The first-order valence-corrected chi connectivity index (χ1v) is 12.2. The minimum atomic E-state index is 0.606. The Labute approximate surface area is 182 Å². The predicted molar refractivity (Wildman–Crippen MR) is 127 cm³/mol. The van der Waals surface area contributed by atoms with Crippen LogP contribution in [0.1, 0.15) is 73.6 Å². The average molecular weight is 395 g/mol. The lowest BCUT2D eigenvalue weighted by atomic mass is 9.80. The molecule has 0 spiro atoms. The molecule has 0 aromatic heterocycles. The molecular formula is C30H34. The van der Waals surface area contributed by atoms with Crippen LogP contribution in [0.4, 0.5) is 0 Å². The van der Waals surface area contributed by atoms with Crippen molar-refractivity contribution in [1.29, 1.82) is 0 Å². The van der Waals surface area contributed by atoms with Crippen LogP contribution in [0.25, 0.3) is 0 Å². The fourth-order valence-electron chi connectivity index (χ4n) is 5.48. The molecule has 0 amide bonds. The summed E-state index contributed by atoms with van der Waals surface area (Å²) in [7, 11) is 0. The molecule has 2 aromatic rings. The Kier molecular flexibility index (Phi) is 6.05. The smallest absolute Gasteiger partial charge is 0.00591 e. The molecule has 0 fully saturated rings. The molecule has 1 atom stereocenters. The van der Waals surface area contributed by atoms with E-state index in [1.807, 2.05) is 0 Å². The van der Waals surface area contributed by atoms with E-state index in [9.17, 15) is 0 Å². The number of aryl methyl sites for hydroxylation is 4. The number of hydrogen-bond donors (Lipinski definition) is 0. The first kappa shape index (κ1) is 19.7. The van der Waals surface area contributed by atoms with Crippen LogP contribution in [-0.2, 0) is 25.7 Å². The molecule has 0 radical (unpaired) electrons. The highest BCUT2D eigenvalue weighted by molar-refractivity contribution is 5.39. The summed E-state index contributed by atoms with van der Waals surface area (Å²) in [6.07, 6.45) is 17.3. The van der Waals surface area contributed by atoms with Gasteiger partial charge in [-0.2, -0.15) is 0 Å². The van der Waals surface area contributed by atoms with E-state index in [-0.39, 0.29) is 0 Å². The van der Waals surface area contributed by atoms with Gasteiger partial charge in [0.2, 0.25) is 0 Å². The van der Waals surface area contributed by atoms with Crippen LogP contribution in [0.5, 0.6) is 0 Å². The minimum absolute atomic E-state index is 0.606. The summed E-state index contributed by atoms with van der Waals surface area (Å²) in [6.45, 7) is 0. The minimum Gasteiger partial charge on any atom is -0.117 e. The summed E-state index contributed by atoms with van der Waals surface area (Å²) < 4.78 is 0. The lowest BCUT2D eigenvalue weighted by molar-refractivity contribution is 0.586. The zero-order valence-corrected chi connectivity index (χ0v) is 18.3. The van der Waals surface area contributed by atoms with Crippen LogP contribution in [0.15, 0.2) is 77.1 Å². The van der Waals surface area contributed by atoms with Crippen LogP contribution < -0.4 is 0 Å². The topological polar surface area (TPSA) is 0 Å². The predicted octanol–water partition coefficient (Wildman–Crippen LogP) is 7.71. The van der Waals surface area contributed by atoms with Gasteiger partial charge >= 0.3 is 0 Å². The van der Waals surface area contributed by atoms with Crippen LogP contribution in [0, 0.1) is 5.92 Å². The molecule has 0 saturated carbocycles. The van der Waals surface area contributed by atoms with Gasteiger partial charge in [-0.25, -0.2) is 0 Å². The molecule has 30 heavy (non-hydrogen) atoms. The van der Waals surface area contributed by atoms with Crippen molar-refractivity contribution in [2.75, 3.05) is 0 Å². The molecule has 11 rings (SSSR count). The highest BCUT2D eigenvalue weighted by atomic mass is 14.2. The van der Waals surface area contributed by atoms with E-state index in [1.165, 1.54) is 105 Å². The van der Waals surface area contributed by atoms with Crippen molar-refractivity contribution >= 4 is 0 Å². The average Bonchev–Trinajstić information content (AvgIpc) is 2.77. The Balaban J connectivity index is 1.44. The quantitative estimate of drug-likeness (QED) is 0.401. The van der Waals surface area contributed by atoms with Crippen LogP contribution in [0.2, 0.25) is 0 Å². The van der Waals surface area contributed by atoms with E-state index in [4.69, 9.17) is 0 Å². The van der Waals surface area contributed by atoms with Gasteiger partial charge in [0.05, 0.1) is 0 Å². The van der Waals surface area contributed by atoms with Gasteiger partial charge in [0.25, 0.3) is 0 Å². The molecule has 9 aliphatic carbocycles. The zero-order valence-electron chi connectivity index (χ0n) is 18.3. The molecule has 0 heteroatoms. The van der Waals surface area contributed by atoms with E-state index >= 15 is 0 Å².